The Morgan fingerprint density at radius 3 is 2.50 bits per heavy atom. The molecular weight excluding hydrogens is 222 g/mol. The van der Waals surface area contributed by atoms with Gasteiger partial charge in [0.25, 0.3) is 5.91 Å². The monoisotopic (exact) mass is 245 g/mol. The highest BCUT2D eigenvalue weighted by molar-refractivity contribution is 5.94. The summed E-state index contributed by atoms with van der Waals surface area (Å²) >= 11 is 0. The summed E-state index contributed by atoms with van der Waals surface area (Å²) in [7, 11) is 0. The summed E-state index contributed by atoms with van der Waals surface area (Å²) in [6.45, 7) is 5.03. The molecule has 0 saturated heterocycles. The molecule has 0 heterocycles. The fourth-order valence-electron chi connectivity index (χ4n) is 1.61. The van der Waals surface area contributed by atoms with E-state index in [0.717, 1.165) is 43.4 Å². The van der Waals surface area contributed by atoms with Crippen molar-refractivity contribution in [3.05, 3.63) is 41.5 Å². The number of allylic oxidation sites excluding steroid dienone is 1. The van der Waals surface area contributed by atoms with Crippen molar-refractivity contribution in [2.24, 2.45) is 0 Å². The van der Waals surface area contributed by atoms with Crippen LogP contribution in [0, 0.1) is 0 Å². The van der Waals surface area contributed by atoms with Gasteiger partial charge >= 0.3 is 0 Å². The van der Waals surface area contributed by atoms with Crippen LogP contribution in [0.4, 0.5) is 0 Å². The topological polar surface area (TPSA) is 29.1 Å². The van der Waals surface area contributed by atoms with Crippen molar-refractivity contribution < 1.29 is 4.79 Å². The molecular formula is C16H23NO. The summed E-state index contributed by atoms with van der Waals surface area (Å²) in [6.07, 6.45) is 8.65. The first-order valence-electron chi connectivity index (χ1n) is 6.82. The third-order valence-corrected chi connectivity index (χ3v) is 2.75. The van der Waals surface area contributed by atoms with Crippen LogP contribution in [0.5, 0.6) is 0 Å². The average molecular weight is 245 g/mol. The minimum Gasteiger partial charge on any atom is -0.352 e. The van der Waals surface area contributed by atoms with Crippen molar-refractivity contribution >= 4 is 12.0 Å². The van der Waals surface area contributed by atoms with Gasteiger partial charge in [0.2, 0.25) is 0 Å². The molecule has 0 aromatic heterocycles. The summed E-state index contributed by atoms with van der Waals surface area (Å²) < 4.78 is 0. The van der Waals surface area contributed by atoms with Gasteiger partial charge < -0.3 is 5.32 Å². The Bertz CT molecular complexity index is 379. The van der Waals surface area contributed by atoms with E-state index in [4.69, 9.17) is 0 Å². The number of hydrogen-bond acceptors (Lipinski definition) is 1. The molecule has 0 aliphatic rings. The van der Waals surface area contributed by atoms with Crippen LogP contribution in [0.1, 0.15) is 55.5 Å². The second-order valence-electron chi connectivity index (χ2n) is 4.42. The fraction of sp³-hybridized carbons (Fsp3) is 0.438. The number of nitrogens with one attached hydrogen (secondary N) is 1. The number of carbonyl (C=O) groups excluding carboxylic acids is 1. The van der Waals surface area contributed by atoms with Crippen LogP contribution >= 0.6 is 0 Å². The predicted octanol–water partition coefficient (Wildman–Crippen LogP) is 4.03. The molecule has 1 rings (SSSR count). The normalized spacial score (nSPS) is 10.8. The van der Waals surface area contributed by atoms with Crippen LogP contribution in [0.25, 0.3) is 6.08 Å². The second-order valence-corrected chi connectivity index (χ2v) is 4.42. The summed E-state index contributed by atoms with van der Waals surface area (Å²) in [5, 5.41) is 2.91. The lowest BCUT2D eigenvalue weighted by atomic mass is 10.1. The van der Waals surface area contributed by atoms with E-state index in [1.807, 2.05) is 24.3 Å². The fourth-order valence-corrected chi connectivity index (χ4v) is 1.61. The number of benzene rings is 1. The molecule has 0 bridgehead atoms. The van der Waals surface area contributed by atoms with Crippen LogP contribution in [0.3, 0.4) is 0 Å². The summed E-state index contributed by atoms with van der Waals surface area (Å²) in [5.74, 6) is 0.0209. The Hall–Kier alpha value is -1.57. The average Bonchev–Trinajstić information content (AvgIpc) is 2.40. The van der Waals surface area contributed by atoms with E-state index < -0.39 is 0 Å². The van der Waals surface area contributed by atoms with Crippen molar-refractivity contribution in [1.82, 2.24) is 5.32 Å². The van der Waals surface area contributed by atoms with Gasteiger partial charge in [-0.15, -0.1) is 0 Å². The number of carbonyl (C=O) groups is 1. The van der Waals surface area contributed by atoms with Crippen LogP contribution in [-0.2, 0) is 0 Å². The molecule has 0 fully saturated rings. The Morgan fingerprint density at radius 2 is 1.89 bits per heavy atom. The third kappa shape index (κ3) is 5.17. The summed E-state index contributed by atoms with van der Waals surface area (Å²) in [6, 6.07) is 7.74. The second kappa shape index (κ2) is 8.51. The molecule has 0 saturated carbocycles. The number of hydrogen-bond donors (Lipinski definition) is 1. The van der Waals surface area contributed by atoms with Gasteiger partial charge in [-0.1, -0.05) is 51.0 Å². The van der Waals surface area contributed by atoms with Gasteiger partial charge in [-0.2, -0.15) is 0 Å². The van der Waals surface area contributed by atoms with E-state index >= 15 is 0 Å². The SMILES string of the molecule is CCC/C=C/c1ccc(C(=O)NCCCC)cc1. The number of rotatable bonds is 7. The van der Waals surface area contributed by atoms with Gasteiger partial charge in [-0.25, -0.2) is 0 Å². The lowest BCUT2D eigenvalue weighted by Gasteiger charge is -2.04. The zero-order valence-corrected chi connectivity index (χ0v) is 11.4. The highest BCUT2D eigenvalue weighted by atomic mass is 16.1. The predicted molar refractivity (Wildman–Crippen MR) is 77.6 cm³/mol. The first kappa shape index (κ1) is 14.5. The van der Waals surface area contributed by atoms with Gasteiger partial charge in [0.1, 0.15) is 0 Å². The van der Waals surface area contributed by atoms with Crippen molar-refractivity contribution in [1.29, 1.82) is 0 Å². The van der Waals surface area contributed by atoms with Crippen molar-refractivity contribution in [2.45, 2.75) is 39.5 Å². The van der Waals surface area contributed by atoms with E-state index in [2.05, 4.69) is 31.3 Å². The molecule has 98 valence electrons. The van der Waals surface area contributed by atoms with Crippen molar-refractivity contribution in [3.63, 3.8) is 0 Å². The highest BCUT2D eigenvalue weighted by Gasteiger charge is 2.03. The van der Waals surface area contributed by atoms with Crippen molar-refractivity contribution in [2.75, 3.05) is 6.54 Å². The Labute approximate surface area is 110 Å². The highest BCUT2D eigenvalue weighted by Crippen LogP contribution is 2.07. The summed E-state index contributed by atoms with van der Waals surface area (Å²) in [4.78, 5) is 11.8. The molecule has 1 aromatic carbocycles. The minimum atomic E-state index is 0.0209. The first-order chi connectivity index (χ1) is 8.77. The molecule has 2 nitrogen and oxygen atoms in total. The molecule has 0 radical (unpaired) electrons. The summed E-state index contributed by atoms with van der Waals surface area (Å²) in [5.41, 5.74) is 1.88. The Morgan fingerprint density at radius 1 is 1.17 bits per heavy atom. The molecule has 0 aliphatic heterocycles. The smallest absolute Gasteiger partial charge is 0.251 e. The molecule has 0 spiro atoms. The van der Waals surface area contributed by atoms with E-state index in [-0.39, 0.29) is 5.91 Å². The lowest BCUT2D eigenvalue weighted by Crippen LogP contribution is -2.24. The number of unbranched alkanes of at least 4 members (excludes halogenated alkanes) is 2. The zero-order valence-electron chi connectivity index (χ0n) is 11.4. The van der Waals surface area contributed by atoms with E-state index in [1.165, 1.54) is 0 Å². The van der Waals surface area contributed by atoms with Crippen LogP contribution in [0.15, 0.2) is 30.3 Å². The molecule has 1 aromatic rings. The number of amides is 1. The molecule has 1 N–H and O–H groups in total. The standard InChI is InChI=1S/C16H23NO/c1-3-5-7-8-14-9-11-15(12-10-14)16(18)17-13-6-4-2/h7-12H,3-6,13H2,1-2H3,(H,17,18)/b8-7+. The van der Waals surface area contributed by atoms with Crippen LogP contribution < -0.4 is 5.32 Å². The first-order valence-corrected chi connectivity index (χ1v) is 6.82. The zero-order chi connectivity index (χ0) is 13.2. The van der Waals surface area contributed by atoms with Crippen LogP contribution in [0.2, 0.25) is 0 Å². The largest absolute Gasteiger partial charge is 0.352 e. The van der Waals surface area contributed by atoms with Crippen molar-refractivity contribution in [3.8, 4) is 0 Å². The molecule has 0 atom stereocenters. The van der Waals surface area contributed by atoms with Gasteiger partial charge in [-0.05, 0) is 30.5 Å². The maximum atomic E-state index is 11.8. The Kier molecular flexibility index (Phi) is 6.85. The molecule has 0 unspecified atom stereocenters. The van der Waals surface area contributed by atoms with E-state index in [0.29, 0.717) is 0 Å². The lowest BCUT2D eigenvalue weighted by molar-refractivity contribution is 0.0953. The maximum Gasteiger partial charge on any atom is 0.251 e. The molecule has 2 heteroatoms. The van der Waals surface area contributed by atoms with Gasteiger partial charge in [0, 0.05) is 12.1 Å². The van der Waals surface area contributed by atoms with Gasteiger partial charge in [-0.3, -0.25) is 4.79 Å². The maximum absolute atomic E-state index is 11.8. The van der Waals surface area contributed by atoms with Gasteiger partial charge in [0.05, 0.1) is 0 Å². The van der Waals surface area contributed by atoms with Crippen LogP contribution in [-0.4, -0.2) is 12.5 Å². The third-order valence-electron chi connectivity index (χ3n) is 2.75. The quantitative estimate of drug-likeness (QED) is 0.722. The molecule has 0 aliphatic carbocycles. The van der Waals surface area contributed by atoms with E-state index in [1.54, 1.807) is 0 Å². The minimum absolute atomic E-state index is 0.0209. The van der Waals surface area contributed by atoms with Gasteiger partial charge in [0.15, 0.2) is 0 Å². The molecule has 1 amide bonds. The van der Waals surface area contributed by atoms with E-state index in [9.17, 15) is 4.79 Å². The molecule has 18 heavy (non-hydrogen) atoms. The Balaban J connectivity index is 2.51.